The molecule has 2 heterocycles. The first-order valence-electron chi connectivity index (χ1n) is 9.21. The number of ether oxygens (including phenoxy) is 1. The molecule has 1 atom stereocenters. The van der Waals surface area contributed by atoms with Crippen LogP contribution < -0.4 is 0 Å². The highest BCUT2D eigenvalue weighted by atomic mass is 16.5. The lowest BCUT2D eigenvalue weighted by Crippen LogP contribution is -2.27. The van der Waals surface area contributed by atoms with Gasteiger partial charge in [-0.3, -0.25) is 4.79 Å². The maximum absolute atomic E-state index is 12.8. The fourth-order valence-corrected chi connectivity index (χ4v) is 3.48. The van der Waals surface area contributed by atoms with Crippen LogP contribution in [-0.4, -0.2) is 23.8 Å². The summed E-state index contributed by atoms with van der Waals surface area (Å²) in [5, 5.41) is 0. The number of nitrogens with zero attached hydrogens (tertiary/aromatic N) is 1. The van der Waals surface area contributed by atoms with Crippen LogP contribution in [-0.2, 0) is 17.7 Å². The Morgan fingerprint density at radius 3 is 2.61 bits per heavy atom. The van der Waals surface area contributed by atoms with Crippen LogP contribution in [0.15, 0.2) is 65.1 Å². The Bertz CT molecular complexity index is 1020. The molecule has 5 nitrogen and oxygen atoms in total. The van der Waals surface area contributed by atoms with E-state index in [-0.39, 0.29) is 18.0 Å². The van der Waals surface area contributed by atoms with Crippen molar-refractivity contribution in [3.05, 3.63) is 94.4 Å². The van der Waals surface area contributed by atoms with E-state index < -0.39 is 0 Å². The van der Waals surface area contributed by atoms with Gasteiger partial charge in [0.2, 0.25) is 0 Å². The first kappa shape index (κ1) is 18.0. The van der Waals surface area contributed by atoms with Gasteiger partial charge in [-0.2, -0.15) is 0 Å². The Kier molecular flexibility index (Phi) is 4.74. The Balaban J connectivity index is 1.56. The number of hydrogen-bond donors (Lipinski definition) is 0. The number of fused-ring (bicyclic) bond motifs is 1. The first-order valence-corrected chi connectivity index (χ1v) is 9.21. The third-order valence-corrected chi connectivity index (χ3v) is 4.93. The quantitative estimate of drug-likeness (QED) is 0.638. The smallest absolute Gasteiger partial charge is 0.339 e. The van der Waals surface area contributed by atoms with Gasteiger partial charge in [0.05, 0.1) is 12.1 Å². The summed E-state index contributed by atoms with van der Waals surface area (Å²) in [4.78, 5) is 26.8. The van der Waals surface area contributed by atoms with Crippen molar-refractivity contribution >= 4 is 11.9 Å². The maximum Gasteiger partial charge on any atom is 0.339 e. The minimum absolute atomic E-state index is 0.118. The van der Waals surface area contributed by atoms with E-state index >= 15 is 0 Å². The van der Waals surface area contributed by atoms with Gasteiger partial charge >= 0.3 is 5.97 Å². The second-order valence-electron chi connectivity index (χ2n) is 7.05. The highest BCUT2D eigenvalue weighted by Gasteiger charge is 2.28. The fraction of sp³-hybridized carbons (Fsp3) is 0.217. The molecular formula is C23H21NO4. The lowest BCUT2D eigenvalue weighted by atomic mass is 9.93. The molecule has 0 aliphatic carbocycles. The number of carbonyl (C=O) groups is 2. The summed E-state index contributed by atoms with van der Waals surface area (Å²) in [5.74, 6) is 1.08. The largest absolute Gasteiger partial charge is 0.464 e. The number of aryl methyl sites for hydroxylation is 1. The highest BCUT2D eigenvalue weighted by Crippen LogP contribution is 2.31. The summed E-state index contributed by atoms with van der Waals surface area (Å²) in [5.41, 5.74) is 2.85. The normalized spacial score (nSPS) is 15.6. The molecule has 3 aromatic rings. The summed E-state index contributed by atoms with van der Waals surface area (Å²) in [6.07, 6.45) is 0.211. The predicted octanol–water partition coefficient (Wildman–Crippen LogP) is 4.31. The van der Waals surface area contributed by atoms with Crippen molar-refractivity contribution in [3.63, 3.8) is 0 Å². The van der Waals surface area contributed by atoms with E-state index in [2.05, 4.69) is 0 Å². The van der Waals surface area contributed by atoms with Gasteiger partial charge in [-0.1, -0.05) is 30.3 Å². The minimum Gasteiger partial charge on any atom is -0.464 e. The second kappa shape index (κ2) is 7.35. The van der Waals surface area contributed by atoms with Crippen LogP contribution in [0.2, 0.25) is 0 Å². The van der Waals surface area contributed by atoms with Crippen molar-refractivity contribution in [2.24, 2.45) is 0 Å². The van der Waals surface area contributed by atoms with Gasteiger partial charge in [0, 0.05) is 19.0 Å². The number of esters is 1. The van der Waals surface area contributed by atoms with Crippen molar-refractivity contribution in [2.45, 2.75) is 26.0 Å². The Morgan fingerprint density at radius 2 is 1.89 bits per heavy atom. The van der Waals surface area contributed by atoms with Gasteiger partial charge in [-0.25, -0.2) is 4.79 Å². The van der Waals surface area contributed by atoms with E-state index in [0.29, 0.717) is 24.1 Å². The van der Waals surface area contributed by atoms with Gasteiger partial charge in [0.25, 0.3) is 5.91 Å². The molecule has 1 amide bonds. The van der Waals surface area contributed by atoms with Crippen molar-refractivity contribution in [1.29, 1.82) is 0 Å². The predicted molar refractivity (Wildman–Crippen MR) is 104 cm³/mol. The van der Waals surface area contributed by atoms with Crippen LogP contribution in [0, 0.1) is 6.92 Å². The minimum atomic E-state index is -0.353. The Morgan fingerprint density at radius 1 is 1.11 bits per heavy atom. The fourth-order valence-electron chi connectivity index (χ4n) is 3.48. The van der Waals surface area contributed by atoms with E-state index in [0.717, 1.165) is 22.6 Å². The summed E-state index contributed by atoms with van der Waals surface area (Å²) >= 11 is 0. The van der Waals surface area contributed by atoms with Crippen LogP contribution >= 0.6 is 0 Å². The Hall–Kier alpha value is -3.34. The van der Waals surface area contributed by atoms with Crippen molar-refractivity contribution in [1.82, 2.24) is 4.90 Å². The zero-order valence-electron chi connectivity index (χ0n) is 15.8. The number of rotatable bonds is 4. The lowest BCUT2D eigenvalue weighted by molar-refractivity contribution is 0.0252. The van der Waals surface area contributed by atoms with Gasteiger partial charge < -0.3 is 14.1 Å². The summed E-state index contributed by atoms with van der Waals surface area (Å²) in [6.45, 7) is 2.26. The van der Waals surface area contributed by atoms with E-state index in [9.17, 15) is 9.59 Å². The molecule has 142 valence electrons. The molecule has 0 radical (unpaired) electrons. The highest BCUT2D eigenvalue weighted by molar-refractivity contribution is 5.97. The van der Waals surface area contributed by atoms with Crippen LogP contribution in [0.5, 0.6) is 0 Å². The number of benzene rings is 2. The number of cyclic esters (lactones) is 1. The molecule has 0 fully saturated rings. The molecule has 1 aliphatic heterocycles. The van der Waals surface area contributed by atoms with Gasteiger partial charge in [-0.05, 0) is 48.4 Å². The van der Waals surface area contributed by atoms with Gasteiger partial charge in [0.1, 0.15) is 17.6 Å². The van der Waals surface area contributed by atoms with Gasteiger partial charge in [-0.15, -0.1) is 0 Å². The molecule has 28 heavy (non-hydrogen) atoms. The number of furan rings is 1. The number of carbonyl (C=O) groups excluding carboxylic acids is 2. The molecular weight excluding hydrogens is 354 g/mol. The van der Waals surface area contributed by atoms with E-state index in [4.69, 9.17) is 9.15 Å². The van der Waals surface area contributed by atoms with E-state index in [1.54, 1.807) is 30.1 Å². The zero-order chi connectivity index (χ0) is 19.7. The topological polar surface area (TPSA) is 59.8 Å². The monoisotopic (exact) mass is 375 g/mol. The van der Waals surface area contributed by atoms with Crippen LogP contribution in [0.1, 0.15) is 49.5 Å². The third-order valence-electron chi connectivity index (χ3n) is 4.93. The molecule has 2 aromatic carbocycles. The van der Waals surface area contributed by atoms with E-state index in [1.807, 2.05) is 49.4 Å². The first-order chi connectivity index (χ1) is 13.5. The van der Waals surface area contributed by atoms with Crippen LogP contribution in [0.4, 0.5) is 0 Å². The van der Waals surface area contributed by atoms with Crippen molar-refractivity contribution < 1.29 is 18.7 Å². The molecule has 0 saturated heterocycles. The zero-order valence-corrected chi connectivity index (χ0v) is 15.8. The standard InChI is InChI=1S/C23H21NO4/c1-15-8-10-19(27-15)14-24(2)22(25)17-9-11-20-18(12-17)13-21(28-23(20)26)16-6-4-3-5-7-16/h3-12,21H,13-14H2,1-2H3. The van der Waals surface area contributed by atoms with Crippen LogP contribution in [0.3, 0.4) is 0 Å². The molecule has 0 spiro atoms. The van der Waals surface area contributed by atoms with Crippen LogP contribution in [0.25, 0.3) is 0 Å². The molecule has 0 saturated carbocycles. The summed E-state index contributed by atoms with van der Waals surface area (Å²) in [7, 11) is 1.74. The number of amides is 1. The molecule has 4 rings (SSSR count). The van der Waals surface area contributed by atoms with Crippen molar-refractivity contribution in [2.75, 3.05) is 7.05 Å². The molecule has 1 unspecified atom stereocenters. The summed E-state index contributed by atoms with van der Waals surface area (Å²) < 4.78 is 11.1. The molecule has 5 heteroatoms. The Labute approximate surface area is 163 Å². The van der Waals surface area contributed by atoms with Gasteiger partial charge in [0.15, 0.2) is 0 Å². The molecule has 1 aliphatic rings. The molecule has 1 aromatic heterocycles. The number of hydrogen-bond acceptors (Lipinski definition) is 4. The molecule has 0 N–H and O–H groups in total. The average molecular weight is 375 g/mol. The second-order valence-corrected chi connectivity index (χ2v) is 7.05. The lowest BCUT2D eigenvalue weighted by Gasteiger charge is -2.25. The summed E-state index contributed by atoms with van der Waals surface area (Å²) in [6, 6.07) is 18.6. The van der Waals surface area contributed by atoms with E-state index in [1.165, 1.54) is 0 Å². The van der Waals surface area contributed by atoms with Crippen molar-refractivity contribution in [3.8, 4) is 0 Å². The maximum atomic E-state index is 12.8. The third kappa shape index (κ3) is 3.56. The average Bonchev–Trinajstić information content (AvgIpc) is 3.12. The SMILES string of the molecule is Cc1ccc(CN(C)C(=O)c2ccc3c(c2)CC(c2ccccc2)OC3=O)o1. The molecule has 0 bridgehead atoms.